The number of aryl methyl sites for hydroxylation is 1. The second-order valence-corrected chi connectivity index (χ2v) is 4.69. The lowest BCUT2D eigenvalue weighted by Gasteiger charge is -2.40. The molecule has 2 heterocycles. The van der Waals surface area contributed by atoms with Gasteiger partial charge < -0.3 is 20.2 Å². The normalized spacial score (nSPS) is 24.0. The summed E-state index contributed by atoms with van der Waals surface area (Å²) in [7, 11) is 0. The van der Waals surface area contributed by atoms with E-state index in [4.69, 9.17) is 15.2 Å². The summed E-state index contributed by atoms with van der Waals surface area (Å²) < 4.78 is 11.2. The molecule has 1 aromatic heterocycles. The van der Waals surface area contributed by atoms with E-state index in [1.165, 1.54) is 0 Å². The van der Waals surface area contributed by atoms with Gasteiger partial charge in [0.15, 0.2) is 5.79 Å². The van der Waals surface area contributed by atoms with Crippen LogP contribution in [-0.4, -0.2) is 24.0 Å². The minimum absolute atomic E-state index is 0.472. The van der Waals surface area contributed by atoms with Gasteiger partial charge in [-0.3, -0.25) is 0 Å². The summed E-state index contributed by atoms with van der Waals surface area (Å²) in [6.07, 6.45) is 0. The lowest BCUT2D eigenvalue weighted by molar-refractivity contribution is -0.269. The summed E-state index contributed by atoms with van der Waals surface area (Å²) in [4.78, 5) is 3.23. The molecule has 1 aliphatic heterocycles. The molecule has 0 bridgehead atoms. The van der Waals surface area contributed by atoms with Crippen LogP contribution >= 0.6 is 0 Å². The lowest BCUT2D eigenvalue weighted by Crippen LogP contribution is -2.54. The fourth-order valence-corrected chi connectivity index (χ4v) is 1.64. The third-order valence-corrected chi connectivity index (χ3v) is 2.72. The van der Waals surface area contributed by atoms with Gasteiger partial charge in [0, 0.05) is 11.4 Å². The van der Waals surface area contributed by atoms with Crippen LogP contribution in [0, 0.1) is 6.92 Å². The average molecular weight is 210 g/mol. The van der Waals surface area contributed by atoms with Gasteiger partial charge in [0.2, 0.25) is 0 Å². The van der Waals surface area contributed by atoms with Crippen LogP contribution in [0.4, 0.5) is 0 Å². The highest BCUT2D eigenvalue weighted by Gasteiger charge is 2.39. The number of nitrogens with two attached hydrogens (primary N) is 1. The van der Waals surface area contributed by atoms with Gasteiger partial charge in [-0.05, 0) is 32.9 Å². The fraction of sp³-hybridized carbons (Fsp3) is 0.636. The molecule has 1 fully saturated rings. The van der Waals surface area contributed by atoms with Crippen LogP contribution in [0.2, 0.25) is 0 Å². The van der Waals surface area contributed by atoms with Gasteiger partial charge >= 0.3 is 0 Å². The van der Waals surface area contributed by atoms with Crippen LogP contribution in [0.1, 0.15) is 25.2 Å². The van der Waals surface area contributed by atoms with E-state index in [0.29, 0.717) is 13.2 Å². The van der Waals surface area contributed by atoms with Crippen LogP contribution in [0.5, 0.6) is 0 Å². The SMILES string of the molecule is Cc1ccc(C2(N)COC(C)(C)OC2)[nH]1. The van der Waals surface area contributed by atoms with Gasteiger partial charge in [0.25, 0.3) is 0 Å². The van der Waals surface area contributed by atoms with Crippen molar-refractivity contribution in [1.29, 1.82) is 0 Å². The van der Waals surface area contributed by atoms with Crippen LogP contribution in [0.3, 0.4) is 0 Å². The lowest BCUT2D eigenvalue weighted by atomic mass is 9.98. The third-order valence-electron chi connectivity index (χ3n) is 2.72. The quantitative estimate of drug-likeness (QED) is 0.733. The summed E-state index contributed by atoms with van der Waals surface area (Å²) in [5.41, 5.74) is 7.75. The van der Waals surface area contributed by atoms with Gasteiger partial charge in [0.1, 0.15) is 5.54 Å². The van der Waals surface area contributed by atoms with Gasteiger partial charge in [-0.2, -0.15) is 0 Å². The maximum atomic E-state index is 6.23. The molecule has 3 N–H and O–H groups in total. The van der Waals surface area contributed by atoms with Gasteiger partial charge in [-0.25, -0.2) is 0 Å². The summed E-state index contributed by atoms with van der Waals surface area (Å²) in [6.45, 7) is 6.74. The number of hydrogen-bond donors (Lipinski definition) is 2. The van der Waals surface area contributed by atoms with Gasteiger partial charge in [0.05, 0.1) is 13.2 Å². The molecule has 0 spiro atoms. The number of hydrogen-bond acceptors (Lipinski definition) is 3. The molecule has 0 amide bonds. The van der Waals surface area contributed by atoms with Crippen molar-refractivity contribution in [2.75, 3.05) is 13.2 Å². The second-order valence-electron chi connectivity index (χ2n) is 4.69. The zero-order valence-electron chi connectivity index (χ0n) is 9.46. The second kappa shape index (κ2) is 3.33. The molecule has 0 saturated carbocycles. The Bertz CT molecular complexity index is 347. The number of H-pyrrole nitrogens is 1. The number of aromatic amines is 1. The zero-order chi connectivity index (χ0) is 11.1. The number of rotatable bonds is 1. The summed E-state index contributed by atoms with van der Waals surface area (Å²) in [6, 6.07) is 3.99. The molecule has 0 unspecified atom stereocenters. The van der Waals surface area contributed by atoms with E-state index in [1.54, 1.807) is 0 Å². The minimum Gasteiger partial charge on any atom is -0.361 e. The highest BCUT2D eigenvalue weighted by molar-refractivity contribution is 5.21. The Morgan fingerprint density at radius 2 is 1.87 bits per heavy atom. The van der Waals surface area contributed by atoms with Crippen molar-refractivity contribution in [3.63, 3.8) is 0 Å². The first-order chi connectivity index (χ1) is 6.91. The number of aromatic nitrogens is 1. The Morgan fingerprint density at radius 1 is 1.27 bits per heavy atom. The van der Waals surface area contributed by atoms with E-state index in [0.717, 1.165) is 11.4 Å². The predicted molar refractivity (Wildman–Crippen MR) is 57.4 cm³/mol. The molecular formula is C11H18N2O2. The van der Waals surface area contributed by atoms with Crippen molar-refractivity contribution in [3.8, 4) is 0 Å². The molecule has 1 aromatic rings. The zero-order valence-corrected chi connectivity index (χ0v) is 9.46. The minimum atomic E-state index is -0.552. The molecule has 0 aromatic carbocycles. The first-order valence-electron chi connectivity index (χ1n) is 5.14. The van der Waals surface area contributed by atoms with Crippen molar-refractivity contribution in [1.82, 2.24) is 4.98 Å². The molecular weight excluding hydrogens is 192 g/mol. The van der Waals surface area contributed by atoms with E-state index in [9.17, 15) is 0 Å². The standard InChI is InChI=1S/C11H18N2O2/c1-8-4-5-9(13-8)11(12)6-14-10(2,3)15-7-11/h4-5,13H,6-7,12H2,1-3H3. The van der Waals surface area contributed by atoms with Crippen LogP contribution in [-0.2, 0) is 15.0 Å². The smallest absolute Gasteiger partial charge is 0.162 e. The highest BCUT2D eigenvalue weighted by Crippen LogP contribution is 2.28. The summed E-state index contributed by atoms with van der Waals surface area (Å²) >= 11 is 0. The van der Waals surface area contributed by atoms with Crippen molar-refractivity contribution in [3.05, 3.63) is 23.5 Å². The maximum absolute atomic E-state index is 6.23. The fourth-order valence-electron chi connectivity index (χ4n) is 1.64. The molecule has 84 valence electrons. The van der Waals surface area contributed by atoms with E-state index < -0.39 is 11.3 Å². The van der Waals surface area contributed by atoms with E-state index in [2.05, 4.69) is 4.98 Å². The Kier molecular flexibility index (Phi) is 2.37. The number of nitrogens with one attached hydrogen (secondary N) is 1. The molecule has 4 heteroatoms. The van der Waals surface area contributed by atoms with Crippen molar-refractivity contribution >= 4 is 0 Å². The van der Waals surface area contributed by atoms with Crippen LogP contribution < -0.4 is 5.73 Å². The van der Waals surface area contributed by atoms with Crippen molar-refractivity contribution < 1.29 is 9.47 Å². The Balaban J connectivity index is 2.16. The topological polar surface area (TPSA) is 60.3 Å². The van der Waals surface area contributed by atoms with E-state index >= 15 is 0 Å². The van der Waals surface area contributed by atoms with Crippen molar-refractivity contribution in [2.45, 2.75) is 32.1 Å². The van der Waals surface area contributed by atoms with Crippen molar-refractivity contribution in [2.24, 2.45) is 5.73 Å². The average Bonchev–Trinajstić information content (AvgIpc) is 2.59. The molecule has 15 heavy (non-hydrogen) atoms. The first-order valence-corrected chi connectivity index (χ1v) is 5.14. The monoisotopic (exact) mass is 210 g/mol. The summed E-state index contributed by atoms with van der Waals surface area (Å²) in [5, 5.41) is 0. The maximum Gasteiger partial charge on any atom is 0.162 e. The molecule has 0 radical (unpaired) electrons. The van der Waals surface area contributed by atoms with Gasteiger partial charge in [-0.1, -0.05) is 0 Å². The van der Waals surface area contributed by atoms with E-state index in [-0.39, 0.29) is 0 Å². The molecule has 2 rings (SSSR count). The first kappa shape index (κ1) is 10.7. The summed E-state index contributed by atoms with van der Waals surface area (Å²) in [5.74, 6) is -0.523. The Morgan fingerprint density at radius 3 is 2.33 bits per heavy atom. The third kappa shape index (κ3) is 2.07. The molecule has 1 aliphatic rings. The Hall–Kier alpha value is -0.840. The van der Waals surface area contributed by atoms with Gasteiger partial charge in [-0.15, -0.1) is 0 Å². The molecule has 4 nitrogen and oxygen atoms in total. The van der Waals surface area contributed by atoms with Crippen LogP contribution in [0.25, 0.3) is 0 Å². The number of ether oxygens (including phenoxy) is 2. The largest absolute Gasteiger partial charge is 0.361 e. The van der Waals surface area contributed by atoms with E-state index in [1.807, 2.05) is 32.9 Å². The highest BCUT2D eigenvalue weighted by atomic mass is 16.7. The molecule has 0 aliphatic carbocycles. The molecule has 0 atom stereocenters. The predicted octanol–water partition coefficient (Wildman–Crippen LogP) is 1.26. The molecule has 1 saturated heterocycles. The Labute approximate surface area is 89.8 Å². The van der Waals surface area contributed by atoms with Crippen LogP contribution in [0.15, 0.2) is 12.1 Å².